The molecule has 0 atom stereocenters. The van der Waals surface area contributed by atoms with Crippen LogP contribution in [-0.2, 0) is 11.3 Å². The molecule has 3 heteroatoms. The van der Waals surface area contributed by atoms with Gasteiger partial charge in [-0.25, -0.2) is 0 Å². The lowest BCUT2D eigenvalue weighted by molar-refractivity contribution is 0.117. The first kappa shape index (κ1) is 17.8. The third-order valence-corrected chi connectivity index (χ3v) is 4.00. The van der Waals surface area contributed by atoms with Gasteiger partial charge in [-0.05, 0) is 24.1 Å². The average Bonchev–Trinajstić information content (AvgIpc) is 2.43. The summed E-state index contributed by atoms with van der Waals surface area (Å²) in [5.74, 6) is 0. The van der Waals surface area contributed by atoms with Gasteiger partial charge in [-0.3, -0.25) is 0 Å². The third-order valence-electron chi connectivity index (χ3n) is 3.41. The van der Waals surface area contributed by atoms with Gasteiger partial charge in [-0.2, -0.15) is 0 Å². The van der Waals surface area contributed by atoms with Crippen molar-refractivity contribution in [1.29, 1.82) is 0 Å². The van der Waals surface area contributed by atoms with Crippen molar-refractivity contribution < 1.29 is 4.74 Å². The van der Waals surface area contributed by atoms with Crippen LogP contribution in [0.5, 0.6) is 0 Å². The molecule has 0 spiro atoms. The van der Waals surface area contributed by atoms with Crippen LogP contribution in [0, 0.1) is 0 Å². The Morgan fingerprint density at radius 3 is 2.20 bits per heavy atom. The minimum absolute atomic E-state index is 0.576. The maximum atomic E-state index is 6.09. The second kappa shape index (κ2) is 11.4. The zero-order valence-corrected chi connectivity index (χ0v) is 14.0. The second-order valence-corrected chi connectivity index (χ2v) is 6.11. The van der Waals surface area contributed by atoms with Crippen LogP contribution in [0.3, 0.4) is 0 Å². The fourth-order valence-corrected chi connectivity index (χ4v) is 2.62. The van der Waals surface area contributed by atoms with Gasteiger partial charge >= 0.3 is 0 Å². The van der Waals surface area contributed by atoms with Crippen molar-refractivity contribution in [2.75, 3.05) is 6.61 Å². The summed E-state index contributed by atoms with van der Waals surface area (Å²) in [6.45, 7) is 3.64. The van der Waals surface area contributed by atoms with Crippen molar-refractivity contribution in [3.8, 4) is 0 Å². The molecule has 0 aromatic heterocycles. The van der Waals surface area contributed by atoms with Gasteiger partial charge in [-0.1, -0.05) is 81.1 Å². The maximum Gasteiger partial charge on any atom is 0.0731 e. The van der Waals surface area contributed by atoms with Gasteiger partial charge < -0.3 is 4.74 Å². The Morgan fingerprint density at radius 2 is 1.55 bits per heavy atom. The van der Waals surface area contributed by atoms with E-state index in [1.165, 1.54) is 44.9 Å². The molecule has 0 unspecified atom stereocenters. The first-order valence-corrected chi connectivity index (χ1v) is 8.51. The van der Waals surface area contributed by atoms with Crippen molar-refractivity contribution in [2.45, 2.75) is 64.9 Å². The highest BCUT2D eigenvalue weighted by Gasteiger charge is 2.01. The number of rotatable bonds is 11. The molecule has 0 aliphatic carbocycles. The molecule has 0 heterocycles. The molecule has 1 nitrogen and oxygen atoms in total. The van der Waals surface area contributed by atoms with Crippen LogP contribution in [0.25, 0.3) is 0 Å². The molecule has 1 aromatic carbocycles. The van der Waals surface area contributed by atoms with E-state index in [0.717, 1.165) is 18.6 Å². The van der Waals surface area contributed by atoms with Crippen LogP contribution < -0.4 is 0 Å². The van der Waals surface area contributed by atoms with Crippen molar-refractivity contribution in [3.05, 3.63) is 33.8 Å². The Balaban J connectivity index is 1.97. The summed E-state index contributed by atoms with van der Waals surface area (Å²) in [4.78, 5) is 0. The van der Waals surface area contributed by atoms with E-state index in [9.17, 15) is 0 Å². The Kier molecular flexibility index (Phi) is 10.2. The molecule has 0 N–H and O–H groups in total. The summed E-state index contributed by atoms with van der Waals surface area (Å²) in [5, 5.41) is 1.36. The van der Waals surface area contributed by atoms with Crippen LogP contribution in [-0.4, -0.2) is 6.61 Å². The van der Waals surface area contributed by atoms with E-state index in [1.807, 2.05) is 12.1 Å². The lowest BCUT2D eigenvalue weighted by atomic mass is 10.1. The number of hydrogen-bond acceptors (Lipinski definition) is 1. The highest BCUT2D eigenvalue weighted by molar-refractivity contribution is 6.35. The summed E-state index contributed by atoms with van der Waals surface area (Å²) >= 11 is 11.9. The molecule has 0 saturated heterocycles. The Morgan fingerprint density at radius 1 is 0.900 bits per heavy atom. The first-order valence-electron chi connectivity index (χ1n) is 7.75. The van der Waals surface area contributed by atoms with E-state index in [4.69, 9.17) is 27.9 Å². The molecule has 0 aliphatic heterocycles. The van der Waals surface area contributed by atoms with E-state index in [0.29, 0.717) is 16.7 Å². The summed E-state index contributed by atoms with van der Waals surface area (Å²) in [6, 6.07) is 5.54. The Labute approximate surface area is 133 Å². The standard InChI is InChI=1S/C17H26Cl2O/c1-2-3-4-5-6-7-8-9-12-20-14-15-10-11-16(18)13-17(15)19/h10-11,13H,2-9,12,14H2,1H3. The molecule has 0 bridgehead atoms. The molecule has 0 fully saturated rings. The van der Waals surface area contributed by atoms with Gasteiger partial charge in [0.15, 0.2) is 0 Å². The fourth-order valence-electron chi connectivity index (χ4n) is 2.16. The van der Waals surface area contributed by atoms with Crippen LogP contribution >= 0.6 is 23.2 Å². The average molecular weight is 317 g/mol. The van der Waals surface area contributed by atoms with E-state index >= 15 is 0 Å². The van der Waals surface area contributed by atoms with E-state index in [1.54, 1.807) is 6.07 Å². The summed E-state index contributed by atoms with van der Waals surface area (Å²) in [7, 11) is 0. The zero-order valence-electron chi connectivity index (χ0n) is 12.5. The van der Waals surface area contributed by atoms with Crippen LogP contribution in [0.15, 0.2) is 18.2 Å². The van der Waals surface area contributed by atoms with Gasteiger partial charge in [0, 0.05) is 16.7 Å². The number of halogens is 2. The SMILES string of the molecule is CCCCCCCCCCOCc1ccc(Cl)cc1Cl. The molecule has 114 valence electrons. The van der Waals surface area contributed by atoms with Crippen molar-refractivity contribution in [2.24, 2.45) is 0 Å². The number of ether oxygens (including phenoxy) is 1. The smallest absolute Gasteiger partial charge is 0.0731 e. The van der Waals surface area contributed by atoms with Crippen LogP contribution in [0.1, 0.15) is 63.9 Å². The predicted octanol–water partition coefficient (Wildman–Crippen LogP) is 6.65. The Bertz CT molecular complexity index is 366. The molecular formula is C17H26Cl2O. The normalized spacial score (nSPS) is 10.9. The van der Waals surface area contributed by atoms with Gasteiger partial charge in [-0.15, -0.1) is 0 Å². The molecule has 0 radical (unpaired) electrons. The van der Waals surface area contributed by atoms with Crippen LogP contribution in [0.2, 0.25) is 10.0 Å². The highest BCUT2D eigenvalue weighted by atomic mass is 35.5. The molecule has 0 saturated carbocycles. The predicted molar refractivity (Wildman–Crippen MR) is 88.7 cm³/mol. The molecular weight excluding hydrogens is 291 g/mol. The number of benzene rings is 1. The zero-order chi connectivity index (χ0) is 14.6. The number of unbranched alkanes of at least 4 members (excludes halogenated alkanes) is 7. The summed E-state index contributed by atoms with van der Waals surface area (Å²) in [6.07, 6.45) is 10.6. The lowest BCUT2D eigenvalue weighted by Gasteiger charge is -2.06. The largest absolute Gasteiger partial charge is 0.377 e. The topological polar surface area (TPSA) is 9.23 Å². The summed E-state index contributed by atoms with van der Waals surface area (Å²) in [5.41, 5.74) is 1.01. The highest BCUT2D eigenvalue weighted by Crippen LogP contribution is 2.21. The van der Waals surface area contributed by atoms with Gasteiger partial charge in [0.1, 0.15) is 0 Å². The van der Waals surface area contributed by atoms with E-state index < -0.39 is 0 Å². The van der Waals surface area contributed by atoms with Crippen molar-refractivity contribution >= 4 is 23.2 Å². The van der Waals surface area contributed by atoms with Crippen molar-refractivity contribution in [3.63, 3.8) is 0 Å². The van der Waals surface area contributed by atoms with E-state index in [2.05, 4.69) is 6.92 Å². The van der Waals surface area contributed by atoms with Crippen LogP contribution in [0.4, 0.5) is 0 Å². The first-order chi connectivity index (χ1) is 9.74. The lowest BCUT2D eigenvalue weighted by Crippen LogP contribution is -1.96. The minimum atomic E-state index is 0.576. The molecule has 0 amide bonds. The molecule has 0 aliphatic rings. The molecule has 20 heavy (non-hydrogen) atoms. The summed E-state index contributed by atoms with van der Waals surface area (Å²) < 4.78 is 5.66. The van der Waals surface area contributed by atoms with Gasteiger partial charge in [0.05, 0.1) is 6.61 Å². The Hall–Kier alpha value is -0.240. The quantitative estimate of drug-likeness (QED) is 0.415. The van der Waals surface area contributed by atoms with Crippen molar-refractivity contribution in [1.82, 2.24) is 0 Å². The van der Waals surface area contributed by atoms with E-state index in [-0.39, 0.29) is 0 Å². The fraction of sp³-hybridized carbons (Fsp3) is 0.647. The maximum absolute atomic E-state index is 6.09. The minimum Gasteiger partial charge on any atom is -0.377 e. The van der Waals surface area contributed by atoms with Gasteiger partial charge in [0.25, 0.3) is 0 Å². The third kappa shape index (κ3) is 8.14. The molecule has 1 rings (SSSR count). The monoisotopic (exact) mass is 316 g/mol. The van der Waals surface area contributed by atoms with Gasteiger partial charge in [0.2, 0.25) is 0 Å². The number of hydrogen-bond donors (Lipinski definition) is 0. The second-order valence-electron chi connectivity index (χ2n) is 5.26. The molecule has 1 aromatic rings.